The fraction of sp³-hybridized carbons (Fsp3) is 0.600. The minimum absolute atomic E-state index is 0.241. The molecule has 0 aliphatic rings. The second kappa shape index (κ2) is 4.99. The molecule has 0 saturated heterocycles. The quantitative estimate of drug-likeness (QED) is 0.733. The lowest BCUT2D eigenvalue weighted by atomic mass is 9.98. The van der Waals surface area contributed by atoms with Crippen molar-refractivity contribution in [1.82, 2.24) is 0 Å². The zero-order chi connectivity index (χ0) is 8.81. The molecule has 0 aliphatic heterocycles. The molecule has 0 fully saturated rings. The summed E-state index contributed by atoms with van der Waals surface area (Å²) < 4.78 is 5.29. The number of furan rings is 1. The van der Waals surface area contributed by atoms with Crippen LogP contribution < -0.4 is 0 Å². The van der Waals surface area contributed by atoms with Gasteiger partial charge in [-0.15, -0.1) is 0 Å². The van der Waals surface area contributed by atoms with E-state index in [1.165, 1.54) is 0 Å². The van der Waals surface area contributed by atoms with Crippen molar-refractivity contribution in [1.29, 1.82) is 0 Å². The summed E-state index contributed by atoms with van der Waals surface area (Å²) in [6, 6.07) is 3.88. The van der Waals surface area contributed by atoms with Crippen molar-refractivity contribution in [2.24, 2.45) is 0 Å². The van der Waals surface area contributed by atoms with Crippen LogP contribution in [0.15, 0.2) is 22.8 Å². The summed E-state index contributed by atoms with van der Waals surface area (Å²) in [5.74, 6) is 1.40. The monoisotopic (exact) mass is 168 g/mol. The van der Waals surface area contributed by atoms with Gasteiger partial charge in [0.05, 0.1) is 6.26 Å². The minimum atomic E-state index is 0.241. The highest BCUT2D eigenvalue weighted by molar-refractivity contribution is 5.04. The van der Waals surface area contributed by atoms with E-state index in [1.807, 2.05) is 12.1 Å². The molecule has 1 N–H and O–H groups in total. The summed E-state index contributed by atoms with van der Waals surface area (Å²) >= 11 is 0. The Labute approximate surface area is 73.2 Å². The third-order valence-electron chi connectivity index (χ3n) is 2.06. The molecule has 1 heterocycles. The highest BCUT2D eigenvalue weighted by atomic mass is 16.3. The average molecular weight is 168 g/mol. The Bertz CT molecular complexity index is 186. The molecule has 68 valence electrons. The molecular formula is C10H16O2. The molecule has 1 rings (SSSR count). The molecule has 1 atom stereocenters. The molecule has 0 radical (unpaired) electrons. The van der Waals surface area contributed by atoms with E-state index < -0.39 is 0 Å². The Morgan fingerprint density at radius 1 is 1.50 bits per heavy atom. The van der Waals surface area contributed by atoms with Gasteiger partial charge in [-0.1, -0.05) is 13.3 Å². The van der Waals surface area contributed by atoms with Crippen LogP contribution in [0.4, 0.5) is 0 Å². The first kappa shape index (κ1) is 9.33. The van der Waals surface area contributed by atoms with Crippen LogP contribution in [0, 0.1) is 0 Å². The maximum atomic E-state index is 8.82. The van der Waals surface area contributed by atoms with E-state index in [-0.39, 0.29) is 6.61 Å². The molecule has 1 aromatic heterocycles. The second-order valence-electron chi connectivity index (χ2n) is 3.01. The third-order valence-corrected chi connectivity index (χ3v) is 2.06. The van der Waals surface area contributed by atoms with Crippen LogP contribution in [0.1, 0.15) is 37.9 Å². The van der Waals surface area contributed by atoms with E-state index in [4.69, 9.17) is 9.52 Å². The predicted octanol–water partition coefficient (Wildman–Crippen LogP) is 2.55. The Hall–Kier alpha value is -0.760. The molecule has 0 bridgehead atoms. The molecule has 2 heteroatoms. The predicted molar refractivity (Wildman–Crippen MR) is 48.1 cm³/mol. The van der Waals surface area contributed by atoms with Crippen molar-refractivity contribution in [3.05, 3.63) is 24.2 Å². The van der Waals surface area contributed by atoms with Gasteiger partial charge in [-0.3, -0.25) is 0 Å². The lowest BCUT2D eigenvalue weighted by Crippen LogP contribution is -1.99. The third kappa shape index (κ3) is 2.38. The van der Waals surface area contributed by atoms with Crippen LogP contribution in [0.2, 0.25) is 0 Å². The molecule has 0 aliphatic carbocycles. The fourth-order valence-electron chi connectivity index (χ4n) is 1.46. The van der Waals surface area contributed by atoms with Crippen LogP contribution in [-0.4, -0.2) is 11.7 Å². The van der Waals surface area contributed by atoms with Crippen LogP contribution in [0.5, 0.6) is 0 Å². The van der Waals surface area contributed by atoms with Crippen molar-refractivity contribution in [3.8, 4) is 0 Å². The van der Waals surface area contributed by atoms with Crippen molar-refractivity contribution < 1.29 is 9.52 Å². The lowest BCUT2D eigenvalue weighted by Gasteiger charge is -2.10. The van der Waals surface area contributed by atoms with Crippen molar-refractivity contribution >= 4 is 0 Å². The van der Waals surface area contributed by atoms with E-state index in [0.717, 1.165) is 25.0 Å². The largest absolute Gasteiger partial charge is 0.469 e. The van der Waals surface area contributed by atoms with Gasteiger partial charge >= 0.3 is 0 Å². The Kier molecular flexibility index (Phi) is 3.88. The van der Waals surface area contributed by atoms with Crippen LogP contribution >= 0.6 is 0 Å². The molecule has 0 aromatic carbocycles. The molecule has 1 aromatic rings. The molecule has 2 nitrogen and oxygen atoms in total. The first-order valence-electron chi connectivity index (χ1n) is 4.52. The summed E-state index contributed by atoms with van der Waals surface area (Å²) in [7, 11) is 0. The topological polar surface area (TPSA) is 33.4 Å². The maximum Gasteiger partial charge on any atom is 0.106 e. The first-order valence-corrected chi connectivity index (χ1v) is 4.52. The van der Waals surface area contributed by atoms with Gasteiger partial charge in [0, 0.05) is 12.5 Å². The van der Waals surface area contributed by atoms with Gasteiger partial charge in [-0.2, -0.15) is 0 Å². The molecule has 0 saturated carbocycles. The van der Waals surface area contributed by atoms with Gasteiger partial charge in [0.25, 0.3) is 0 Å². The van der Waals surface area contributed by atoms with Gasteiger partial charge in [0.15, 0.2) is 0 Å². The van der Waals surface area contributed by atoms with Gasteiger partial charge in [0.1, 0.15) is 5.76 Å². The lowest BCUT2D eigenvalue weighted by molar-refractivity contribution is 0.263. The number of hydrogen-bond acceptors (Lipinski definition) is 2. The van der Waals surface area contributed by atoms with Crippen molar-refractivity contribution in [2.75, 3.05) is 6.61 Å². The van der Waals surface area contributed by atoms with E-state index in [1.54, 1.807) is 6.26 Å². The Morgan fingerprint density at radius 2 is 2.33 bits per heavy atom. The summed E-state index contributed by atoms with van der Waals surface area (Å²) in [6.07, 6.45) is 4.72. The molecule has 0 amide bonds. The number of rotatable bonds is 5. The van der Waals surface area contributed by atoms with Crippen LogP contribution in [0.25, 0.3) is 0 Å². The van der Waals surface area contributed by atoms with Gasteiger partial charge < -0.3 is 9.52 Å². The SMILES string of the molecule is CCCC(CCO)c1ccco1. The van der Waals surface area contributed by atoms with Gasteiger partial charge in [-0.25, -0.2) is 0 Å². The fourth-order valence-corrected chi connectivity index (χ4v) is 1.46. The minimum Gasteiger partial charge on any atom is -0.469 e. The Balaban J connectivity index is 2.53. The summed E-state index contributed by atoms with van der Waals surface area (Å²) in [5, 5.41) is 8.82. The van der Waals surface area contributed by atoms with E-state index in [9.17, 15) is 0 Å². The molecule has 1 unspecified atom stereocenters. The zero-order valence-electron chi connectivity index (χ0n) is 7.49. The molecular weight excluding hydrogens is 152 g/mol. The number of aliphatic hydroxyl groups is 1. The van der Waals surface area contributed by atoms with Crippen LogP contribution in [0.3, 0.4) is 0 Å². The summed E-state index contributed by atoms with van der Waals surface area (Å²) in [4.78, 5) is 0. The summed E-state index contributed by atoms with van der Waals surface area (Å²) in [5.41, 5.74) is 0. The maximum absolute atomic E-state index is 8.82. The van der Waals surface area contributed by atoms with Crippen molar-refractivity contribution in [3.63, 3.8) is 0 Å². The number of aliphatic hydroxyl groups excluding tert-OH is 1. The smallest absolute Gasteiger partial charge is 0.106 e. The van der Waals surface area contributed by atoms with Crippen molar-refractivity contribution in [2.45, 2.75) is 32.1 Å². The van der Waals surface area contributed by atoms with Gasteiger partial charge in [0.2, 0.25) is 0 Å². The van der Waals surface area contributed by atoms with E-state index in [0.29, 0.717) is 5.92 Å². The second-order valence-corrected chi connectivity index (χ2v) is 3.01. The Morgan fingerprint density at radius 3 is 2.83 bits per heavy atom. The molecule has 12 heavy (non-hydrogen) atoms. The van der Waals surface area contributed by atoms with E-state index in [2.05, 4.69) is 6.92 Å². The normalized spacial score (nSPS) is 13.2. The summed E-state index contributed by atoms with van der Waals surface area (Å²) in [6.45, 7) is 2.39. The average Bonchev–Trinajstić information content (AvgIpc) is 2.56. The standard InChI is InChI=1S/C10H16O2/c1-2-4-9(6-7-11)10-5-3-8-12-10/h3,5,8-9,11H,2,4,6-7H2,1H3. The van der Waals surface area contributed by atoms with Crippen LogP contribution in [-0.2, 0) is 0 Å². The van der Waals surface area contributed by atoms with Gasteiger partial charge in [-0.05, 0) is 25.0 Å². The first-order chi connectivity index (χ1) is 5.88. The molecule has 0 spiro atoms. The number of hydrogen-bond donors (Lipinski definition) is 1. The highest BCUT2D eigenvalue weighted by Crippen LogP contribution is 2.24. The zero-order valence-corrected chi connectivity index (χ0v) is 7.49. The highest BCUT2D eigenvalue weighted by Gasteiger charge is 2.11. The van der Waals surface area contributed by atoms with E-state index >= 15 is 0 Å².